The lowest BCUT2D eigenvalue weighted by Crippen LogP contribution is -2.37. The predicted octanol–water partition coefficient (Wildman–Crippen LogP) is 6.42. The SMILES string of the molecule is CCCCCCCCCCCCCCCCC(=O)S.OCC(CO)(CO)CO.c1ccc2[nH]ccc2c1. The summed E-state index contributed by atoms with van der Waals surface area (Å²) in [5.74, 6) is 0. The lowest BCUT2D eigenvalue weighted by Gasteiger charge is -2.23. The smallest absolute Gasteiger partial charge is 0.185 e. The van der Waals surface area contributed by atoms with E-state index in [4.69, 9.17) is 20.4 Å². The average Bonchev–Trinajstić information content (AvgIpc) is 3.40. The summed E-state index contributed by atoms with van der Waals surface area (Å²) in [4.78, 5) is 13.7. The fourth-order valence-corrected chi connectivity index (χ4v) is 3.92. The molecule has 2 rings (SSSR count). The van der Waals surface area contributed by atoms with Gasteiger partial charge in [0.25, 0.3) is 0 Å². The molecule has 0 fully saturated rings. The van der Waals surface area contributed by atoms with Gasteiger partial charge in [0.2, 0.25) is 0 Å². The molecule has 1 aromatic heterocycles. The highest BCUT2D eigenvalue weighted by atomic mass is 32.1. The van der Waals surface area contributed by atoms with E-state index in [1.807, 2.05) is 18.3 Å². The maximum atomic E-state index is 10.6. The fourth-order valence-electron chi connectivity index (χ4n) is 3.77. The number of aromatic amines is 1. The molecule has 7 heteroatoms. The average molecular weight is 540 g/mol. The molecular weight excluding hydrogens is 486 g/mol. The summed E-state index contributed by atoms with van der Waals surface area (Å²) >= 11 is 3.78. The second-order valence-electron chi connectivity index (χ2n) is 9.94. The third kappa shape index (κ3) is 19.4. The zero-order valence-corrected chi connectivity index (χ0v) is 23.9. The molecule has 214 valence electrons. The molecule has 0 saturated heterocycles. The Hall–Kier alpha value is -1.38. The Morgan fingerprint density at radius 2 is 1.14 bits per heavy atom. The summed E-state index contributed by atoms with van der Waals surface area (Å²) < 4.78 is 0. The monoisotopic (exact) mass is 539 g/mol. The van der Waals surface area contributed by atoms with Crippen molar-refractivity contribution in [3.05, 3.63) is 36.5 Å². The van der Waals surface area contributed by atoms with Gasteiger partial charge in [0.1, 0.15) is 0 Å². The summed E-state index contributed by atoms with van der Waals surface area (Å²) in [6, 6.07) is 10.3. The number of fused-ring (bicyclic) bond motifs is 1. The molecule has 0 spiro atoms. The Bertz CT molecular complexity index is 716. The lowest BCUT2D eigenvalue weighted by atomic mass is 9.93. The predicted molar refractivity (Wildman–Crippen MR) is 158 cm³/mol. The van der Waals surface area contributed by atoms with E-state index in [9.17, 15) is 4.79 Å². The Balaban J connectivity index is 0.000000591. The van der Waals surface area contributed by atoms with Gasteiger partial charge in [-0.05, 0) is 23.9 Å². The number of unbranched alkanes of at least 4 members (excludes halogenated alkanes) is 13. The first kappa shape index (κ1) is 35.6. The Morgan fingerprint density at radius 3 is 1.51 bits per heavy atom. The molecule has 0 radical (unpaired) electrons. The van der Waals surface area contributed by atoms with Gasteiger partial charge >= 0.3 is 0 Å². The number of thiol groups is 1. The van der Waals surface area contributed by atoms with Crippen molar-refractivity contribution >= 4 is 28.6 Å². The minimum Gasteiger partial charge on any atom is -0.396 e. The van der Waals surface area contributed by atoms with Crippen LogP contribution >= 0.6 is 12.6 Å². The molecular formula is C30H53NO5S. The molecule has 1 aromatic carbocycles. The molecule has 0 saturated carbocycles. The van der Waals surface area contributed by atoms with Crippen LogP contribution in [0, 0.1) is 5.41 Å². The van der Waals surface area contributed by atoms with Crippen molar-refractivity contribution in [3.8, 4) is 0 Å². The van der Waals surface area contributed by atoms with Crippen LogP contribution in [0.4, 0.5) is 0 Å². The van der Waals surface area contributed by atoms with Crippen LogP contribution in [0.15, 0.2) is 36.5 Å². The van der Waals surface area contributed by atoms with Gasteiger partial charge in [-0.2, -0.15) is 0 Å². The van der Waals surface area contributed by atoms with E-state index >= 15 is 0 Å². The second kappa shape index (κ2) is 24.9. The van der Waals surface area contributed by atoms with Crippen LogP contribution in [0.25, 0.3) is 10.9 Å². The first-order valence-electron chi connectivity index (χ1n) is 14.2. The molecule has 6 nitrogen and oxygen atoms in total. The Morgan fingerprint density at radius 1 is 0.703 bits per heavy atom. The largest absolute Gasteiger partial charge is 0.396 e. The van der Waals surface area contributed by atoms with Crippen LogP contribution in [-0.4, -0.2) is 57.0 Å². The van der Waals surface area contributed by atoms with Crippen LogP contribution in [0.5, 0.6) is 0 Å². The van der Waals surface area contributed by atoms with Gasteiger partial charge in [-0.1, -0.05) is 109 Å². The van der Waals surface area contributed by atoms with E-state index in [0.717, 1.165) is 6.42 Å². The first-order valence-corrected chi connectivity index (χ1v) is 14.6. The zero-order valence-electron chi connectivity index (χ0n) is 23.0. The molecule has 37 heavy (non-hydrogen) atoms. The van der Waals surface area contributed by atoms with Crippen LogP contribution in [-0.2, 0) is 4.79 Å². The van der Waals surface area contributed by atoms with Crippen LogP contribution in [0.3, 0.4) is 0 Å². The molecule has 2 aromatic rings. The highest BCUT2D eigenvalue weighted by Crippen LogP contribution is 2.14. The zero-order chi connectivity index (χ0) is 27.6. The Kier molecular flexibility index (Phi) is 24.0. The number of benzene rings is 1. The van der Waals surface area contributed by atoms with E-state index in [-0.39, 0.29) is 5.12 Å². The number of aromatic nitrogens is 1. The highest BCUT2D eigenvalue weighted by molar-refractivity contribution is 7.96. The Labute approximate surface area is 230 Å². The molecule has 0 amide bonds. The molecule has 1 heterocycles. The summed E-state index contributed by atoms with van der Waals surface area (Å²) in [5.41, 5.74) is 0.0949. The van der Waals surface area contributed by atoms with Crippen LogP contribution in [0.1, 0.15) is 103 Å². The molecule has 0 aliphatic carbocycles. The van der Waals surface area contributed by atoms with Gasteiger partial charge < -0.3 is 25.4 Å². The van der Waals surface area contributed by atoms with Crippen molar-refractivity contribution in [2.45, 2.75) is 103 Å². The number of carbonyl (C=O) groups excluding carboxylic acids is 1. The van der Waals surface area contributed by atoms with Gasteiger partial charge in [0, 0.05) is 18.1 Å². The first-order chi connectivity index (χ1) is 18.0. The summed E-state index contributed by atoms with van der Waals surface area (Å²) in [6.45, 7) is 0.649. The number of aliphatic hydroxyl groups is 4. The number of para-hydroxylation sites is 1. The van der Waals surface area contributed by atoms with Crippen molar-refractivity contribution in [2.24, 2.45) is 5.41 Å². The number of H-pyrrole nitrogens is 1. The molecule has 0 atom stereocenters. The van der Waals surface area contributed by atoms with Gasteiger partial charge in [-0.25, -0.2) is 0 Å². The van der Waals surface area contributed by atoms with Crippen LogP contribution in [0.2, 0.25) is 0 Å². The minimum absolute atomic E-state index is 0.0407. The van der Waals surface area contributed by atoms with Gasteiger partial charge in [-0.3, -0.25) is 4.79 Å². The number of nitrogens with one attached hydrogen (secondary N) is 1. The molecule has 0 aliphatic rings. The highest BCUT2D eigenvalue weighted by Gasteiger charge is 2.26. The number of carbonyl (C=O) groups is 1. The summed E-state index contributed by atoms with van der Waals surface area (Å²) in [6.07, 6.45) is 21.6. The van der Waals surface area contributed by atoms with E-state index in [1.165, 1.54) is 94.4 Å². The number of hydrogen-bond donors (Lipinski definition) is 6. The van der Waals surface area contributed by atoms with Crippen molar-refractivity contribution < 1.29 is 25.2 Å². The van der Waals surface area contributed by atoms with Crippen LogP contribution < -0.4 is 0 Å². The topological polar surface area (TPSA) is 114 Å². The minimum atomic E-state index is -1.11. The van der Waals surface area contributed by atoms with Crippen molar-refractivity contribution in [1.29, 1.82) is 0 Å². The summed E-state index contributed by atoms with van der Waals surface area (Å²) in [5, 5.41) is 35.3. The van der Waals surface area contributed by atoms with Gasteiger partial charge in [0.05, 0.1) is 31.8 Å². The number of rotatable bonds is 19. The lowest BCUT2D eigenvalue weighted by molar-refractivity contribution is -0.110. The van der Waals surface area contributed by atoms with E-state index in [2.05, 4.69) is 42.7 Å². The third-order valence-corrected chi connectivity index (χ3v) is 6.77. The molecule has 0 bridgehead atoms. The van der Waals surface area contributed by atoms with Gasteiger partial charge in [0.15, 0.2) is 5.12 Å². The van der Waals surface area contributed by atoms with Gasteiger partial charge in [-0.15, -0.1) is 12.6 Å². The normalized spacial score (nSPS) is 11.0. The van der Waals surface area contributed by atoms with E-state index in [1.54, 1.807) is 0 Å². The van der Waals surface area contributed by atoms with Crippen molar-refractivity contribution in [3.63, 3.8) is 0 Å². The third-order valence-electron chi connectivity index (χ3n) is 6.55. The maximum Gasteiger partial charge on any atom is 0.185 e. The molecule has 5 N–H and O–H groups in total. The maximum absolute atomic E-state index is 10.6. The summed E-state index contributed by atoms with van der Waals surface area (Å²) in [7, 11) is 0. The number of aliphatic hydroxyl groups excluding tert-OH is 4. The van der Waals surface area contributed by atoms with Crippen molar-refractivity contribution in [1.82, 2.24) is 4.98 Å². The molecule has 0 aliphatic heterocycles. The number of hydrogen-bond acceptors (Lipinski definition) is 5. The quantitative estimate of drug-likeness (QED) is 0.0910. The van der Waals surface area contributed by atoms with E-state index < -0.39 is 31.8 Å². The standard InChI is InChI=1S/C17H34OS.C8H7N.C5H12O4/c1-2-3-4-5-6-7-8-9-10-11-12-13-14-15-16-17(18)19;1-2-4-8-7(3-1)5-6-9-8;6-1-5(2-7,3-8)4-9/h2-16H2,1H3,(H,18,19);1-6,9H;6-9H,1-4H2. The second-order valence-corrected chi connectivity index (χ2v) is 10.4. The van der Waals surface area contributed by atoms with E-state index in [0.29, 0.717) is 6.42 Å². The molecule has 0 unspecified atom stereocenters. The van der Waals surface area contributed by atoms with Crippen molar-refractivity contribution in [2.75, 3.05) is 26.4 Å². The fraction of sp³-hybridized carbons (Fsp3) is 0.700.